The third-order valence-electron chi connectivity index (χ3n) is 9.80. The summed E-state index contributed by atoms with van der Waals surface area (Å²) in [6, 6.07) is 45.5. The summed E-state index contributed by atoms with van der Waals surface area (Å²) in [6.07, 6.45) is 2.36. The number of carboxylic acids is 1. The van der Waals surface area contributed by atoms with Gasteiger partial charge < -0.3 is 25.0 Å². The topological polar surface area (TPSA) is 108 Å². The molecule has 0 bridgehead atoms. The quantitative estimate of drug-likeness (QED) is 0.0776. The van der Waals surface area contributed by atoms with Crippen LogP contribution in [0.25, 0.3) is 11.1 Å². The van der Waals surface area contributed by atoms with Crippen molar-refractivity contribution in [1.29, 1.82) is 0 Å². The number of rotatable bonds is 18. The summed E-state index contributed by atoms with van der Waals surface area (Å²) in [5.74, 6) is -0.832. The first-order chi connectivity index (χ1) is 26.4. The average molecular weight is 727 g/mol. The lowest BCUT2D eigenvalue weighted by Gasteiger charge is -2.38. The summed E-state index contributed by atoms with van der Waals surface area (Å²) < 4.78 is 13.5. The van der Waals surface area contributed by atoms with Gasteiger partial charge in [-0.15, -0.1) is 0 Å². The molecule has 3 atom stereocenters. The fraction of sp³-hybridized carbons (Fsp3) is 0.304. The highest BCUT2D eigenvalue weighted by atomic mass is 16.7. The summed E-state index contributed by atoms with van der Waals surface area (Å²) in [5, 5.41) is 21.4. The molecule has 1 aliphatic heterocycles. The van der Waals surface area contributed by atoms with Crippen LogP contribution >= 0.6 is 0 Å². The van der Waals surface area contributed by atoms with Crippen LogP contribution in [0.2, 0.25) is 0 Å². The second-order valence-electron chi connectivity index (χ2n) is 14.0. The molecule has 0 unspecified atom stereocenters. The number of unbranched alkanes of at least 4 members (excludes halogenated alkanes) is 2. The number of amides is 1. The Morgan fingerprint density at radius 1 is 0.648 bits per heavy atom. The van der Waals surface area contributed by atoms with E-state index in [0.717, 1.165) is 59.4 Å². The molecule has 0 saturated carbocycles. The Balaban J connectivity index is 1.15. The van der Waals surface area contributed by atoms with Crippen molar-refractivity contribution >= 4 is 11.9 Å². The number of aliphatic carboxylic acids is 1. The summed E-state index contributed by atoms with van der Waals surface area (Å²) >= 11 is 0. The number of hydrogen-bond donors (Lipinski definition) is 3. The minimum Gasteiger partial charge on any atom is -0.481 e. The highest BCUT2D eigenvalue weighted by molar-refractivity contribution is 5.76. The van der Waals surface area contributed by atoms with Gasteiger partial charge in [-0.2, -0.15) is 0 Å². The zero-order valence-corrected chi connectivity index (χ0v) is 30.7. The lowest BCUT2D eigenvalue weighted by Crippen LogP contribution is -2.39. The molecule has 1 fully saturated rings. The number of benzene rings is 5. The second kappa shape index (κ2) is 19.8. The normalized spacial score (nSPS) is 17.0. The minimum atomic E-state index is -0.801. The Kier molecular flexibility index (Phi) is 14.2. The summed E-state index contributed by atoms with van der Waals surface area (Å²) in [4.78, 5) is 25.5. The molecule has 6 rings (SSSR count). The molecule has 0 spiro atoms. The van der Waals surface area contributed by atoms with Crippen LogP contribution in [0.4, 0.5) is 0 Å². The molecule has 1 amide bonds. The van der Waals surface area contributed by atoms with Crippen LogP contribution in [-0.4, -0.2) is 39.6 Å². The lowest BCUT2D eigenvalue weighted by molar-refractivity contribution is -0.253. The molecule has 5 aromatic carbocycles. The summed E-state index contributed by atoms with van der Waals surface area (Å²) in [7, 11) is 0. The van der Waals surface area contributed by atoms with Gasteiger partial charge in [0.05, 0.1) is 18.8 Å². The van der Waals surface area contributed by atoms with Crippen molar-refractivity contribution in [2.75, 3.05) is 6.54 Å². The van der Waals surface area contributed by atoms with Crippen molar-refractivity contribution in [2.45, 2.75) is 83.3 Å². The van der Waals surface area contributed by atoms with Crippen molar-refractivity contribution in [3.05, 3.63) is 167 Å². The average Bonchev–Trinajstić information content (AvgIpc) is 3.20. The third-order valence-corrected chi connectivity index (χ3v) is 9.80. The van der Waals surface area contributed by atoms with E-state index < -0.39 is 12.3 Å². The van der Waals surface area contributed by atoms with Gasteiger partial charge in [0, 0.05) is 51.0 Å². The standard InChI is InChI=1S/C46H50N2O6/c49-33-36-19-21-39(22-20-36)43-28-42(32-48(30-34-11-4-1-5-12-34)31-35-13-6-2-7-14-35)53-46(54-43)40-25-23-38(24-26-40)41-16-10-15-37(27-41)29-47-44(50)17-8-3-9-18-45(51)52/h1-2,4-7,10-16,19-27,42-43,46,49H,3,8-9,17-18,28-33H2,(H,47,50)(H,51,52)/t42-,43+,46+/m1/s1. The van der Waals surface area contributed by atoms with Crippen molar-refractivity contribution in [2.24, 2.45) is 0 Å². The molecular weight excluding hydrogens is 677 g/mol. The van der Waals surface area contributed by atoms with E-state index in [4.69, 9.17) is 14.6 Å². The first kappa shape index (κ1) is 38.6. The van der Waals surface area contributed by atoms with Gasteiger partial charge in [0.25, 0.3) is 0 Å². The van der Waals surface area contributed by atoms with Crippen LogP contribution in [0.1, 0.15) is 84.3 Å². The van der Waals surface area contributed by atoms with Crippen molar-refractivity contribution < 1.29 is 29.3 Å². The first-order valence-electron chi connectivity index (χ1n) is 18.9. The van der Waals surface area contributed by atoms with E-state index in [-0.39, 0.29) is 31.1 Å². The molecule has 1 aliphatic rings. The fourth-order valence-electron chi connectivity index (χ4n) is 6.91. The van der Waals surface area contributed by atoms with Gasteiger partial charge in [-0.25, -0.2) is 0 Å². The number of aliphatic hydroxyl groups excluding tert-OH is 1. The van der Waals surface area contributed by atoms with Gasteiger partial charge >= 0.3 is 5.97 Å². The van der Waals surface area contributed by atoms with Gasteiger partial charge in [-0.05, 0) is 57.9 Å². The maximum atomic E-state index is 12.4. The predicted octanol–water partition coefficient (Wildman–Crippen LogP) is 8.75. The first-order valence-corrected chi connectivity index (χ1v) is 18.9. The van der Waals surface area contributed by atoms with Crippen LogP contribution in [0, 0.1) is 0 Å². The van der Waals surface area contributed by atoms with Crippen LogP contribution in [0.3, 0.4) is 0 Å². The lowest BCUT2D eigenvalue weighted by atomic mass is 9.98. The van der Waals surface area contributed by atoms with E-state index in [1.165, 1.54) is 11.1 Å². The molecule has 0 aliphatic carbocycles. The predicted molar refractivity (Wildman–Crippen MR) is 210 cm³/mol. The van der Waals surface area contributed by atoms with E-state index in [9.17, 15) is 14.7 Å². The molecule has 8 nitrogen and oxygen atoms in total. The zero-order valence-electron chi connectivity index (χ0n) is 30.7. The molecule has 1 heterocycles. The molecule has 5 aromatic rings. The number of nitrogens with zero attached hydrogens (tertiary/aromatic N) is 1. The van der Waals surface area contributed by atoms with Crippen molar-refractivity contribution in [3.8, 4) is 11.1 Å². The fourth-order valence-corrected chi connectivity index (χ4v) is 6.91. The zero-order chi connectivity index (χ0) is 37.5. The van der Waals surface area contributed by atoms with E-state index in [1.807, 2.05) is 48.5 Å². The number of carbonyl (C=O) groups is 2. The molecule has 0 aromatic heterocycles. The molecule has 0 radical (unpaired) electrons. The van der Waals surface area contributed by atoms with E-state index in [1.54, 1.807) is 0 Å². The Bertz CT molecular complexity index is 1860. The number of carbonyl (C=O) groups excluding carboxylic acids is 1. The van der Waals surface area contributed by atoms with E-state index >= 15 is 0 Å². The van der Waals surface area contributed by atoms with Gasteiger partial charge in [0.2, 0.25) is 5.91 Å². The molecule has 1 saturated heterocycles. The van der Waals surface area contributed by atoms with E-state index in [2.05, 4.69) is 95.1 Å². The number of ether oxygens (including phenoxy) is 2. The molecule has 54 heavy (non-hydrogen) atoms. The van der Waals surface area contributed by atoms with Crippen molar-refractivity contribution in [3.63, 3.8) is 0 Å². The van der Waals surface area contributed by atoms with Crippen LogP contribution < -0.4 is 5.32 Å². The minimum absolute atomic E-state index is 0.00440. The van der Waals surface area contributed by atoms with Gasteiger partial charge in [-0.1, -0.05) is 134 Å². The van der Waals surface area contributed by atoms with E-state index in [0.29, 0.717) is 32.2 Å². The van der Waals surface area contributed by atoms with Gasteiger partial charge in [-0.3, -0.25) is 14.5 Å². The summed E-state index contributed by atoms with van der Waals surface area (Å²) in [6.45, 7) is 2.74. The number of nitrogens with one attached hydrogen (secondary N) is 1. The highest BCUT2D eigenvalue weighted by Crippen LogP contribution is 2.39. The third kappa shape index (κ3) is 11.7. The molecule has 3 N–H and O–H groups in total. The monoisotopic (exact) mass is 726 g/mol. The summed E-state index contributed by atoms with van der Waals surface area (Å²) in [5.41, 5.74) is 8.45. The maximum Gasteiger partial charge on any atom is 0.303 e. The van der Waals surface area contributed by atoms with Crippen LogP contribution in [0.5, 0.6) is 0 Å². The molecule has 8 heteroatoms. The molecular formula is C46H50N2O6. The number of hydrogen-bond acceptors (Lipinski definition) is 6. The Morgan fingerprint density at radius 2 is 1.28 bits per heavy atom. The van der Waals surface area contributed by atoms with Gasteiger partial charge in [0.1, 0.15) is 0 Å². The van der Waals surface area contributed by atoms with Gasteiger partial charge in [0.15, 0.2) is 6.29 Å². The highest BCUT2D eigenvalue weighted by Gasteiger charge is 2.33. The Hall–Kier alpha value is -5.12. The Labute approximate surface area is 318 Å². The number of aliphatic hydroxyl groups is 1. The molecule has 280 valence electrons. The Morgan fingerprint density at radius 3 is 1.93 bits per heavy atom. The maximum absolute atomic E-state index is 12.4. The second-order valence-corrected chi connectivity index (χ2v) is 14.0. The smallest absolute Gasteiger partial charge is 0.303 e. The van der Waals surface area contributed by atoms with Crippen LogP contribution in [-0.2, 0) is 45.3 Å². The SMILES string of the molecule is O=C(O)CCCCCC(=O)NCc1cccc(-c2ccc([C@H]3O[C@@H](CN(Cc4ccccc4)Cc4ccccc4)C[C@@H](c4ccc(CO)cc4)O3)cc2)c1. The largest absolute Gasteiger partial charge is 0.481 e. The number of carboxylic acid groups (broad SMARTS) is 1. The van der Waals surface area contributed by atoms with Crippen molar-refractivity contribution in [1.82, 2.24) is 10.2 Å². The van der Waals surface area contributed by atoms with Crippen LogP contribution in [0.15, 0.2) is 133 Å².